The maximum atomic E-state index is 14.1. The van der Waals surface area contributed by atoms with E-state index >= 15 is 0 Å². The molecule has 1 N–H and O–H groups in total. The van der Waals surface area contributed by atoms with Gasteiger partial charge < -0.3 is 14.4 Å². The number of pyridine rings is 1. The van der Waals surface area contributed by atoms with Crippen LogP contribution in [0.5, 0.6) is 5.75 Å². The Hall–Kier alpha value is -2.64. The molecule has 0 unspecified atom stereocenters. The van der Waals surface area contributed by atoms with Gasteiger partial charge in [0.25, 0.3) is 0 Å². The van der Waals surface area contributed by atoms with Crippen LogP contribution >= 0.6 is 0 Å². The highest BCUT2D eigenvalue weighted by Crippen LogP contribution is 2.24. The molecule has 1 fully saturated rings. The van der Waals surface area contributed by atoms with Crippen LogP contribution in [0.25, 0.3) is 11.4 Å². The number of hydrogen-bond donors (Lipinski definition) is 1. The van der Waals surface area contributed by atoms with Crippen molar-refractivity contribution in [2.24, 2.45) is 5.92 Å². The third-order valence-electron chi connectivity index (χ3n) is 4.41. The molecule has 2 aromatic rings. The van der Waals surface area contributed by atoms with Gasteiger partial charge in [-0.05, 0) is 31.2 Å². The summed E-state index contributed by atoms with van der Waals surface area (Å²) in [6.45, 7) is 1.90. The molecule has 0 radical (unpaired) electrons. The number of methoxy groups -OCH3 is 1. The van der Waals surface area contributed by atoms with Crippen molar-refractivity contribution >= 4 is 6.09 Å². The number of aromatic nitrogens is 3. The van der Waals surface area contributed by atoms with Gasteiger partial charge in [0.05, 0.1) is 25.6 Å². The van der Waals surface area contributed by atoms with Crippen LogP contribution in [0.4, 0.5) is 9.18 Å². The van der Waals surface area contributed by atoms with E-state index in [0.29, 0.717) is 37.1 Å². The molecule has 1 saturated heterocycles. The fourth-order valence-electron chi connectivity index (χ4n) is 2.96. The number of carbonyl (C=O) groups is 1. The smallest absolute Gasteiger partial charge is 0.409 e. The lowest BCUT2D eigenvalue weighted by Gasteiger charge is -2.30. The largest absolute Gasteiger partial charge is 0.492 e. The number of amides is 1. The molecular formula is C17H21FN4O3. The predicted molar refractivity (Wildman–Crippen MR) is 88.6 cm³/mol. The van der Waals surface area contributed by atoms with E-state index in [1.807, 2.05) is 0 Å². The Morgan fingerprint density at radius 3 is 2.88 bits per heavy atom. The van der Waals surface area contributed by atoms with E-state index in [1.165, 1.54) is 19.4 Å². The van der Waals surface area contributed by atoms with Gasteiger partial charge in [-0.15, -0.1) is 0 Å². The summed E-state index contributed by atoms with van der Waals surface area (Å²) in [7, 11) is 1.40. The summed E-state index contributed by atoms with van der Waals surface area (Å²) in [5.74, 6) is 0.448. The third-order valence-corrected chi connectivity index (χ3v) is 4.41. The molecule has 7 nitrogen and oxygen atoms in total. The molecule has 0 spiro atoms. The number of nitrogens with zero attached hydrogens (tertiary/aromatic N) is 3. The van der Waals surface area contributed by atoms with Gasteiger partial charge in [-0.1, -0.05) is 0 Å². The van der Waals surface area contributed by atoms with Gasteiger partial charge in [-0.2, -0.15) is 5.10 Å². The van der Waals surface area contributed by atoms with Crippen molar-refractivity contribution in [3.8, 4) is 17.1 Å². The van der Waals surface area contributed by atoms with E-state index < -0.39 is 5.82 Å². The highest BCUT2D eigenvalue weighted by Gasteiger charge is 2.23. The van der Waals surface area contributed by atoms with Crippen molar-refractivity contribution < 1.29 is 18.7 Å². The van der Waals surface area contributed by atoms with Crippen molar-refractivity contribution in [3.05, 3.63) is 30.3 Å². The summed E-state index contributed by atoms with van der Waals surface area (Å²) >= 11 is 0. The average Bonchev–Trinajstić information content (AvgIpc) is 3.16. The lowest BCUT2D eigenvalue weighted by molar-refractivity contribution is 0.102. The van der Waals surface area contributed by atoms with E-state index in [-0.39, 0.29) is 11.8 Å². The van der Waals surface area contributed by atoms with Crippen LogP contribution in [0.1, 0.15) is 19.3 Å². The third kappa shape index (κ3) is 4.26. The number of aromatic amines is 1. The first kappa shape index (κ1) is 17.2. The summed E-state index contributed by atoms with van der Waals surface area (Å²) in [5.41, 5.74) is 0.751. The topological polar surface area (TPSA) is 80.3 Å². The molecule has 0 aromatic carbocycles. The summed E-state index contributed by atoms with van der Waals surface area (Å²) in [6.07, 6.45) is 5.49. The Labute approximate surface area is 145 Å². The van der Waals surface area contributed by atoms with Crippen LogP contribution in [-0.4, -0.2) is 53.0 Å². The normalized spacial score (nSPS) is 15.2. The second-order valence-corrected chi connectivity index (χ2v) is 6.01. The quantitative estimate of drug-likeness (QED) is 0.899. The second kappa shape index (κ2) is 7.96. The van der Waals surface area contributed by atoms with Gasteiger partial charge in [0, 0.05) is 25.4 Å². The Morgan fingerprint density at radius 1 is 1.44 bits per heavy atom. The number of ether oxygens (including phenoxy) is 2. The van der Waals surface area contributed by atoms with Gasteiger partial charge in [0.1, 0.15) is 11.4 Å². The standard InChI is InChI=1S/C17H21FN4O3/c1-24-17(23)22-7-3-12(4-8-22)5-9-25-13-10-14(18)16(19-11-13)15-2-6-20-21-15/h2,6,10-12H,3-5,7-9H2,1H3,(H,20,21). The molecule has 0 atom stereocenters. The minimum atomic E-state index is -0.451. The first-order valence-corrected chi connectivity index (χ1v) is 8.28. The predicted octanol–water partition coefficient (Wildman–Crippen LogP) is 2.86. The first-order valence-electron chi connectivity index (χ1n) is 8.28. The van der Waals surface area contributed by atoms with Crippen LogP contribution in [-0.2, 0) is 4.74 Å². The number of H-pyrrole nitrogens is 1. The van der Waals surface area contributed by atoms with Gasteiger partial charge in [-0.25, -0.2) is 14.2 Å². The fourth-order valence-corrected chi connectivity index (χ4v) is 2.96. The SMILES string of the molecule is COC(=O)N1CCC(CCOc2cnc(-c3ccn[nH]3)c(F)c2)CC1. The van der Waals surface area contributed by atoms with Crippen LogP contribution in [0.15, 0.2) is 24.5 Å². The van der Waals surface area contributed by atoms with Crippen molar-refractivity contribution in [1.82, 2.24) is 20.1 Å². The second-order valence-electron chi connectivity index (χ2n) is 6.01. The number of carbonyl (C=O) groups excluding carboxylic acids is 1. The monoisotopic (exact) mass is 348 g/mol. The molecule has 25 heavy (non-hydrogen) atoms. The van der Waals surface area contributed by atoms with Crippen molar-refractivity contribution in [2.75, 3.05) is 26.8 Å². The molecule has 134 valence electrons. The van der Waals surface area contributed by atoms with E-state index in [1.54, 1.807) is 17.2 Å². The fraction of sp³-hybridized carbons (Fsp3) is 0.471. The maximum absolute atomic E-state index is 14.1. The molecule has 3 heterocycles. The maximum Gasteiger partial charge on any atom is 0.409 e. The zero-order valence-electron chi connectivity index (χ0n) is 14.1. The van der Waals surface area contributed by atoms with E-state index in [0.717, 1.165) is 19.3 Å². The first-order chi connectivity index (χ1) is 12.2. The van der Waals surface area contributed by atoms with Crippen molar-refractivity contribution in [3.63, 3.8) is 0 Å². The molecule has 3 rings (SSSR count). The molecule has 2 aromatic heterocycles. The van der Waals surface area contributed by atoms with Gasteiger partial charge >= 0.3 is 6.09 Å². The van der Waals surface area contributed by atoms with Gasteiger partial charge in [0.2, 0.25) is 0 Å². The lowest BCUT2D eigenvalue weighted by Crippen LogP contribution is -2.38. The van der Waals surface area contributed by atoms with Crippen LogP contribution in [0.3, 0.4) is 0 Å². The van der Waals surface area contributed by atoms with Crippen molar-refractivity contribution in [1.29, 1.82) is 0 Å². The van der Waals surface area contributed by atoms with Crippen LogP contribution < -0.4 is 4.74 Å². The van der Waals surface area contributed by atoms with E-state index in [2.05, 4.69) is 15.2 Å². The summed E-state index contributed by atoms with van der Waals surface area (Å²) in [6, 6.07) is 3.00. The van der Waals surface area contributed by atoms with Gasteiger partial charge in [-0.3, -0.25) is 5.10 Å². The lowest BCUT2D eigenvalue weighted by atomic mass is 9.94. The average molecular weight is 348 g/mol. The van der Waals surface area contributed by atoms with Crippen LogP contribution in [0.2, 0.25) is 0 Å². The molecule has 0 aliphatic carbocycles. The number of likely N-dealkylation sites (tertiary alicyclic amines) is 1. The molecule has 0 bridgehead atoms. The van der Waals surface area contributed by atoms with Crippen LogP contribution in [0, 0.1) is 11.7 Å². The molecular weight excluding hydrogens is 327 g/mol. The summed E-state index contributed by atoms with van der Waals surface area (Å²) < 4.78 is 24.5. The Balaban J connectivity index is 1.45. The highest BCUT2D eigenvalue weighted by molar-refractivity contribution is 5.67. The van der Waals surface area contributed by atoms with E-state index in [4.69, 9.17) is 9.47 Å². The molecule has 8 heteroatoms. The highest BCUT2D eigenvalue weighted by atomic mass is 19.1. The number of hydrogen-bond acceptors (Lipinski definition) is 5. The minimum Gasteiger partial charge on any atom is -0.492 e. The zero-order valence-corrected chi connectivity index (χ0v) is 14.1. The van der Waals surface area contributed by atoms with E-state index in [9.17, 15) is 9.18 Å². The molecule has 1 aliphatic heterocycles. The number of piperidine rings is 1. The Morgan fingerprint density at radius 2 is 2.24 bits per heavy atom. The number of rotatable bonds is 5. The summed E-state index contributed by atoms with van der Waals surface area (Å²) in [5, 5.41) is 6.48. The van der Waals surface area contributed by atoms with Gasteiger partial charge in [0.15, 0.2) is 5.82 Å². The van der Waals surface area contributed by atoms with Crippen molar-refractivity contribution in [2.45, 2.75) is 19.3 Å². The Kier molecular flexibility index (Phi) is 5.47. The number of halogens is 1. The summed E-state index contributed by atoms with van der Waals surface area (Å²) in [4.78, 5) is 17.3. The molecule has 0 saturated carbocycles. The molecule has 1 aliphatic rings. The number of nitrogens with one attached hydrogen (secondary N) is 1. The Bertz CT molecular complexity index is 700. The molecule has 1 amide bonds. The zero-order chi connectivity index (χ0) is 17.6. The minimum absolute atomic E-state index is 0.222.